The predicted molar refractivity (Wildman–Crippen MR) is 71.5 cm³/mol. The summed E-state index contributed by atoms with van der Waals surface area (Å²) >= 11 is 0. The second-order valence-corrected chi connectivity index (χ2v) is 4.40. The van der Waals surface area contributed by atoms with E-state index >= 15 is 0 Å². The monoisotopic (exact) mass is 257 g/mol. The number of benzene rings is 1. The number of hydrogen-bond donors (Lipinski definition) is 1. The fourth-order valence-corrected chi connectivity index (χ4v) is 1.99. The van der Waals surface area contributed by atoms with Crippen LogP contribution in [-0.2, 0) is 9.59 Å². The number of carbonyl (C=O) groups is 2. The normalized spacial score (nSPS) is 14.5. The van der Waals surface area contributed by atoms with E-state index in [-0.39, 0.29) is 31.3 Å². The summed E-state index contributed by atoms with van der Waals surface area (Å²) < 4.78 is 0. The molecule has 0 spiro atoms. The number of aliphatic hydroxyl groups is 1. The summed E-state index contributed by atoms with van der Waals surface area (Å²) in [7, 11) is 0. The lowest BCUT2D eigenvalue weighted by Gasteiger charge is -2.16. The molecule has 0 radical (unpaired) electrons. The topological polar surface area (TPSA) is 57.6 Å². The number of rotatable bonds is 2. The number of amides is 2. The average molecular weight is 257 g/mol. The third-order valence-electron chi connectivity index (χ3n) is 2.97. The molecule has 2 rings (SSSR count). The Bertz CT molecular complexity index is 565. The molecule has 1 saturated heterocycles. The van der Waals surface area contributed by atoms with E-state index < -0.39 is 0 Å². The smallest absolute Gasteiger partial charge is 0.234 e. The first-order chi connectivity index (χ1) is 9.13. The quantitative estimate of drug-likeness (QED) is 0.643. The van der Waals surface area contributed by atoms with Crippen molar-refractivity contribution in [1.82, 2.24) is 0 Å². The van der Waals surface area contributed by atoms with Gasteiger partial charge in [0.1, 0.15) is 0 Å². The van der Waals surface area contributed by atoms with Crippen LogP contribution in [0, 0.1) is 18.8 Å². The van der Waals surface area contributed by atoms with Gasteiger partial charge in [0.05, 0.1) is 12.3 Å². The van der Waals surface area contributed by atoms with E-state index in [0.717, 1.165) is 11.1 Å². The molecule has 0 aromatic heterocycles. The molecule has 0 atom stereocenters. The number of aliphatic hydroxyl groups excluding tert-OH is 1. The Hall–Kier alpha value is -2.12. The number of hydrogen-bond acceptors (Lipinski definition) is 3. The van der Waals surface area contributed by atoms with Crippen molar-refractivity contribution < 1.29 is 14.7 Å². The van der Waals surface area contributed by atoms with Crippen LogP contribution in [0.15, 0.2) is 18.2 Å². The fourth-order valence-electron chi connectivity index (χ4n) is 1.99. The van der Waals surface area contributed by atoms with E-state index in [9.17, 15) is 9.59 Å². The van der Waals surface area contributed by atoms with E-state index in [1.165, 1.54) is 4.90 Å². The second-order valence-electron chi connectivity index (χ2n) is 4.40. The maximum atomic E-state index is 11.7. The molecule has 1 aliphatic rings. The highest BCUT2D eigenvalue weighted by Crippen LogP contribution is 2.26. The minimum Gasteiger partial charge on any atom is -0.395 e. The summed E-state index contributed by atoms with van der Waals surface area (Å²) in [6.07, 6.45) is 0.960. The van der Waals surface area contributed by atoms with Crippen molar-refractivity contribution in [2.75, 3.05) is 11.5 Å². The number of aryl methyl sites for hydroxylation is 1. The first kappa shape index (κ1) is 13.3. The van der Waals surface area contributed by atoms with E-state index in [0.29, 0.717) is 12.1 Å². The molecule has 4 heteroatoms. The molecule has 1 fully saturated rings. The molecule has 0 unspecified atom stereocenters. The third kappa shape index (κ3) is 2.83. The Labute approximate surface area is 112 Å². The molecule has 2 amide bonds. The molecule has 98 valence electrons. The third-order valence-corrected chi connectivity index (χ3v) is 2.97. The molecule has 1 N–H and O–H groups in total. The molecule has 1 heterocycles. The summed E-state index contributed by atoms with van der Waals surface area (Å²) in [5.41, 5.74) is 2.22. The van der Waals surface area contributed by atoms with Crippen LogP contribution in [0.4, 0.5) is 5.69 Å². The molecule has 19 heavy (non-hydrogen) atoms. The van der Waals surface area contributed by atoms with Gasteiger partial charge >= 0.3 is 0 Å². The number of carbonyl (C=O) groups excluding carboxylic acids is 2. The van der Waals surface area contributed by atoms with Crippen LogP contribution >= 0.6 is 0 Å². The molecular weight excluding hydrogens is 242 g/mol. The van der Waals surface area contributed by atoms with Crippen LogP contribution in [-0.4, -0.2) is 23.5 Å². The lowest BCUT2D eigenvalue weighted by atomic mass is 10.1. The molecule has 1 aromatic carbocycles. The Kier molecular flexibility index (Phi) is 3.98. The van der Waals surface area contributed by atoms with Gasteiger partial charge in [0.2, 0.25) is 11.8 Å². The summed E-state index contributed by atoms with van der Waals surface area (Å²) in [5.74, 6) is 5.41. The first-order valence-electron chi connectivity index (χ1n) is 6.19. The summed E-state index contributed by atoms with van der Waals surface area (Å²) in [5, 5.41) is 8.68. The molecule has 0 bridgehead atoms. The van der Waals surface area contributed by atoms with Crippen molar-refractivity contribution in [2.45, 2.75) is 26.2 Å². The van der Waals surface area contributed by atoms with Gasteiger partial charge in [0.25, 0.3) is 0 Å². The lowest BCUT2D eigenvalue weighted by molar-refractivity contribution is -0.121. The summed E-state index contributed by atoms with van der Waals surface area (Å²) in [4.78, 5) is 24.7. The first-order valence-corrected chi connectivity index (χ1v) is 6.19. The Morgan fingerprint density at radius 2 is 1.95 bits per heavy atom. The molecule has 0 saturated carbocycles. The average Bonchev–Trinajstić information content (AvgIpc) is 2.72. The maximum Gasteiger partial charge on any atom is 0.234 e. The van der Waals surface area contributed by atoms with E-state index in [2.05, 4.69) is 11.8 Å². The van der Waals surface area contributed by atoms with Gasteiger partial charge in [-0.3, -0.25) is 14.5 Å². The van der Waals surface area contributed by atoms with E-state index in [4.69, 9.17) is 5.11 Å². The zero-order valence-electron chi connectivity index (χ0n) is 10.8. The fraction of sp³-hybridized carbons (Fsp3) is 0.333. The van der Waals surface area contributed by atoms with Crippen molar-refractivity contribution in [3.8, 4) is 11.8 Å². The maximum absolute atomic E-state index is 11.7. The highest BCUT2D eigenvalue weighted by molar-refractivity contribution is 6.20. The Morgan fingerprint density at radius 3 is 2.58 bits per heavy atom. The second kappa shape index (κ2) is 5.68. The van der Waals surface area contributed by atoms with Gasteiger partial charge in [0.15, 0.2) is 0 Å². The van der Waals surface area contributed by atoms with Crippen LogP contribution in [0.5, 0.6) is 0 Å². The van der Waals surface area contributed by atoms with Crippen molar-refractivity contribution in [2.24, 2.45) is 0 Å². The Morgan fingerprint density at radius 1 is 1.26 bits per heavy atom. The van der Waals surface area contributed by atoms with Gasteiger partial charge in [-0.1, -0.05) is 17.9 Å². The molecule has 0 aliphatic carbocycles. The minimum atomic E-state index is -0.159. The van der Waals surface area contributed by atoms with Gasteiger partial charge in [-0.05, 0) is 24.6 Å². The minimum absolute atomic E-state index is 0.0226. The largest absolute Gasteiger partial charge is 0.395 e. The molecular formula is C15H15NO3. The zero-order chi connectivity index (χ0) is 13.8. The predicted octanol–water partition coefficient (Wildman–Crippen LogP) is 1.38. The summed E-state index contributed by atoms with van der Waals surface area (Å²) in [6, 6.07) is 5.44. The molecule has 4 nitrogen and oxygen atoms in total. The lowest BCUT2D eigenvalue weighted by Crippen LogP contribution is -2.29. The van der Waals surface area contributed by atoms with Crippen LogP contribution in [0.2, 0.25) is 0 Å². The van der Waals surface area contributed by atoms with Crippen LogP contribution in [0.1, 0.15) is 30.4 Å². The highest BCUT2D eigenvalue weighted by atomic mass is 16.2. The van der Waals surface area contributed by atoms with Crippen molar-refractivity contribution in [3.63, 3.8) is 0 Å². The standard InChI is InChI=1S/C15H15NO3/c1-11-5-6-12(4-2-3-9-17)10-13(11)16-14(18)7-8-15(16)19/h5-6,10,17H,3,7-9H2,1H3. The van der Waals surface area contributed by atoms with Gasteiger partial charge in [0, 0.05) is 24.8 Å². The van der Waals surface area contributed by atoms with E-state index in [1.54, 1.807) is 6.07 Å². The zero-order valence-corrected chi connectivity index (χ0v) is 10.8. The number of imide groups is 1. The van der Waals surface area contributed by atoms with Crippen LogP contribution < -0.4 is 4.90 Å². The van der Waals surface area contributed by atoms with Gasteiger partial charge < -0.3 is 5.11 Å². The summed E-state index contributed by atoms with van der Waals surface area (Å²) in [6.45, 7) is 1.88. The SMILES string of the molecule is Cc1ccc(C#CCCO)cc1N1C(=O)CCC1=O. The van der Waals surface area contributed by atoms with Crippen molar-refractivity contribution in [1.29, 1.82) is 0 Å². The van der Waals surface area contributed by atoms with Gasteiger partial charge in [-0.15, -0.1) is 0 Å². The van der Waals surface area contributed by atoms with Gasteiger partial charge in [-0.25, -0.2) is 0 Å². The number of nitrogens with zero attached hydrogens (tertiary/aromatic N) is 1. The van der Waals surface area contributed by atoms with Crippen molar-refractivity contribution in [3.05, 3.63) is 29.3 Å². The Balaban J connectivity index is 2.35. The van der Waals surface area contributed by atoms with Crippen LogP contribution in [0.3, 0.4) is 0 Å². The van der Waals surface area contributed by atoms with Crippen LogP contribution in [0.25, 0.3) is 0 Å². The van der Waals surface area contributed by atoms with Crippen molar-refractivity contribution >= 4 is 17.5 Å². The van der Waals surface area contributed by atoms with Gasteiger partial charge in [-0.2, -0.15) is 0 Å². The molecule has 1 aliphatic heterocycles. The molecule has 1 aromatic rings. The highest BCUT2D eigenvalue weighted by Gasteiger charge is 2.31. The number of anilines is 1. The van der Waals surface area contributed by atoms with E-state index in [1.807, 2.05) is 19.1 Å².